The third-order valence-electron chi connectivity index (χ3n) is 6.18. The Kier molecular flexibility index (Phi) is 8.37. The second kappa shape index (κ2) is 11.2. The Morgan fingerprint density at radius 3 is 2.76 bits per heavy atom. The van der Waals surface area contributed by atoms with Gasteiger partial charge >= 0.3 is 6.18 Å². The fourth-order valence-electron chi connectivity index (χ4n) is 4.08. The van der Waals surface area contributed by atoms with Gasteiger partial charge in [0, 0.05) is 24.0 Å². The van der Waals surface area contributed by atoms with Crippen LogP contribution in [-0.2, 0) is 4.79 Å². The first kappa shape index (κ1) is 25.3. The lowest BCUT2D eigenvalue weighted by Gasteiger charge is -2.25. The molecule has 1 aliphatic carbocycles. The van der Waals surface area contributed by atoms with Gasteiger partial charge in [0.25, 0.3) is 5.91 Å². The van der Waals surface area contributed by atoms with Gasteiger partial charge in [-0.2, -0.15) is 13.2 Å². The molecule has 0 aromatic heterocycles. The van der Waals surface area contributed by atoms with Gasteiger partial charge in [0.1, 0.15) is 0 Å². The highest BCUT2D eigenvalue weighted by Crippen LogP contribution is 2.40. The van der Waals surface area contributed by atoms with Crippen molar-refractivity contribution in [1.29, 1.82) is 0 Å². The van der Waals surface area contributed by atoms with E-state index in [4.69, 9.17) is 0 Å². The molecule has 1 aromatic rings. The maximum Gasteiger partial charge on any atom is 0.392 e. The van der Waals surface area contributed by atoms with Crippen molar-refractivity contribution in [2.45, 2.75) is 45.7 Å². The second-order valence-corrected chi connectivity index (χ2v) is 8.53. The van der Waals surface area contributed by atoms with Gasteiger partial charge in [-0.25, -0.2) is 0 Å². The van der Waals surface area contributed by atoms with Crippen molar-refractivity contribution < 1.29 is 18.0 Å². The van der Waals surface area contributed by atoms with Gasteiger partial charge in [-0.05, 0) is 72.6 Å². The van der Waals surface area contributed by atoms with Gasteiger partial charge in [-0.15, -0.1) is 0 Å². The van der Waals surface area contributed by atoms with Crippen LogP contribution in [-0.4, -0.2) is 18.6 Å². The summed E-state index contributed by atoms with van der Waals surface area (Å²) < 4.78 is 39.1. The minimum Gasteiger partial charge on any atom is -0.362 e. The number of rotatable bonds is 7. The molecule has 1 aliphatic heterocycles. The Morgan fingerprint density at radius 1 is 1.32 bits per heavy atom. The van der Waals surface area contributed by atoms with Crippen LogP contribution in [0.5, 0.6) is 0 Å². The average molecular weight is 469 g/mol. The summed E-state index contributed by atoms with van der Waals surface area (Å²) in [6.07, 6.45) is 9.96. The van der Waals surface area contributed by atoms with Crippen molar-refractivity contribution >= 4 is 17.6 Å². The van der Waals surface area contributed by atoms with Crippen LogP contribution in [0.4, 0.5) is 13.2 Å². The van der Waals surface area contributed by atoms with Gasteiger partial charge in [-0.1, -0.05) is 56.0 Å². The summed E-state index contributed by atoms with van der Waals surface area (Å²) in [5.74, 6) is -1.47. The lowest BCUT2D eigenvalue weighted by molar-refractivity contribution is -0.175. The molecule has 34 heavy (non-hydrogen) atoms. The first-order valence-corrected chi connectivity index (χ1v) is 11.5. The number of allylic oxidation sites excluding steroid dienone is 5. The summed E-state index contributed by atoms with van der Waals surface area (Å²) in [6.45, 7) is 8.23. The normalized spacial score (nSPS) is 19.0. The highest BCUT2D eigenvalue weighted by atomic mass is 19.4. The van der Waals surface area contributed by atoms with E-state index in [2.05, 4.69) is 17.2 Å². The molecule has 0 fully saturated rings. The zero-order chi connectivity index (χ0) is 24.7. The number of carbonyl (C=O) groups excluding carboxylic acids is 1. The number of benzene rings is 1. The summed E-state index contributed by atoms with van der Waals surface area (Å²) in [5.41, 5.74) is 5.85. The Bertz CT molecular complexity index is 1090. The summed E-state index contributed by atoms with van der Waals surface area (Å²) >= 11 is 0. The van der Waals surface area contributed by atoms with Gasteiger partial charge in [-0.3, -0.25) is 4.79 Å². The molecule has 0 saturated heterocycles. The van der Waals surface area contributed by atoms with E-state index in [1.807, 2.05) is 56.4 Å². The monoisotopic (exact) mass is 468 g/mol. The highest BCUT2D eigenvalue weighted by Gasteiger charge is 2.39. The predicted molar refractivity (Wildman–Crippen MR) is 132 cm³/mol. The minimum absolute atomic E-state index is 0.0103. The predicted octanol–water partition coefficient (Wildman–Crippen LogP) is 6.76. The Morgan fingerprint density at radius 2 is 2.12 bits per heavy atom. The summed E-state index contributed by atoms with van der Waals surface area (Å²) in [7, 11) is 0. The van der Waals surface area contributed by atoms with Crippen LogP contribution in [0, 0.1) is 12.8 Å². The molecule has 0 radical (unpaired) electrons. The zero-order valence-corrected chi connectivity index (χ0v) is 19.6. The summed E-state index contributed by atoms with van der Waals surface area (Å²) in [4.78, 5) is 13.0. The molecule has 0 bridgehead atoms. The van der Waals surface area contributed by atoms with E-state index in [-0.39, 0.29) is 18.7 Å². The Balaban J connectivity index is 1.83. The number of nitrogens with one attached hydrogen (secondary N) is 2. The molecule has 1 amide bonds. The maximum atomic E-state index is 13.0. The van der Waals surface area contributed by atoms with E-state index >= 15 is 0 Å². The van der Waals surface area contributed by atoms with Gasteiger partial charge in [0.2, 0.25) is 0 Å². The van der Waals surface area contributed by atoms with Crippen molar-refractivity contribution in [2.24, 2.45) is 5.92 Å². The van der Waals surface area contributed by atoms with Crippen molar-refractivity contribution in [3.05, 3.63) is 94.9 Å². The molecule has 1 heterocycles. The molecule has 0 saturated carbocycles. The number of alkyl halides is 3. The number of amides is 1. The molecule has 1 atom stereocenters. The third-order valence-corrected chi connectivity index (χ3v) is 6.18. The summed E-state index contributed by atoms with van der Waals surface area (Å²) in [5, 5.41) is 5.97. The average Bonchev–Trinajstić information content (AvgIpc) is 2.81. The zero-order valence-electron chi connectivity index (χ0n) is 19.6. The molecule has 3 nitrogen and oxygen atoms in total. The molecule has 180 valence electrons. The van der Waals surface area contributed by atoms with Crippen molar-refractivity contribution in [1.82, 2.24) is 10.6 Å². The summed E-state index contributed by atoms with van der Waals surface area (Å²) in [6, 6.07) is 5.75. The molecule has 0 spiro atoms. The molecular formula is C28H31F3N2O. The van der Waals surface area contributed by atoms with Gasteiger partial charge < -0.3 is 10.6 Å². The van der Waals surface area contributed by atoms with E-state index in [0.717, 1.165) is 40.0 Å². The number of hydrogen-bond acceptors (Lipinski definition) is 2. The molecule has 1 aromatic carbocycles. The van der Waals surface area contributed by atoms with Crippen LogP contribution in [0.3, 0.4) is 0 Å². The van der Waals surface area contributed by atoms with E-state index in [1.165, 1.54) is 0 Å². The fraction of sp³-hybridized carbons (Fsp3) is 0.321. The number of hydrogen-bond donors (Lipinski definition) is 2. The van der Waals surface area contributed by atoms with Gasteiger partial charge in [0.15, 0.2) is 0 Å². The Hall–Kier alpha value is -3.28. The minimum atomic E-state index is -4.15. The topological polar surface area (TPSA) is 41.1 Å². The Labute approximate surface area is 199 Å². The molecule has 2 aliphatic rings. The first-order valence-electron chi connectivity index (χ1n) is 11.5. The lowest BCUT2D eigenvalue weighted by atomic mass is 9.84. The second-order valence-electron chi connectivity index (χ2n) is 8.53. The van der Waals surface area contributed by atoms with Crippen LogP contribution < -0.4 is 10.6 Å². The largest absolute Gasteiger partial charge is 0.392 e. The van der Waals surface area contributed by atoms with Crippen molar-refractivity contribution in [3.63, 3.8) is 0 Å². The van der Waals surface area contributed by atoms with Gasteiger partial charge in [0.05, 0.1) is 5.92 Å². The number of dihydropyridines is 1. The fourth-order valence-corrected chi connectivity index (χ4v) is 4.08. The van der Waals surface area contributed by atoms with E-state index in [9.17, 15) is 18.0 Å². The highest BCUT2D eigenvalue weighted by molar-refractivity contribution is 6.01. The van der Waals surface area contributed by atoms with Crippen LogP contribution in [0.2, 0.25) is 0 Å². The molecular weight excluding hydrogens is 437 g/mol. The first-order chi connectivity index (χ1) is 16.2. The molecule has 1 unspecified atom stereocenters. The van der Waals surface area contributed by atoms with Crippen molar-refractivity contribution in [3.8, 4) is 0 Å². The van der Waals surface area contributed by atoms with Crippen molar-refractivity contribution in [2.75, 3.05) is 6.54 Å². The molecule has 6 heteroatoms. The number of halogens is 3. The third kappa shape index (κ3) is 6.40. The van der Waals surface area contributed by atoms with Crippen LogP contribution >= 0.6 is 0 Å². The van der Waals surface area contributed by atoms with E-state index in [1.54, 1.807) is 18.4 Å². The smallest absolute Gasteiger partial charge is 0.362 e. The maximum absolute atomic E-state index is 13.0. The van der Waals surface area contributed by atoms with Crippen LogP contribution in [0.25, 0.3) is 11.6 Å². The standard InChI is InChI=1S/C28H31F3N2O/c1-4-5-8-23(27(34)33-18-24-10-7-16-32-20(24)3)17-22-9-6-11-26(19(22)2)21-12-14-25(15-13-21)28(29,30)31/h5-12,16-17,25,32H,3-4,13-15,18H2,1-2H3,(H,33,34)/b8-5+,23-17+. The molecule has 3 rings (SSSR count). The SMILES string of the molecule is C=C1NC=CC=C1CNC(=O)C(/C=C/CC)=C/c1cccc(C2=CCC(C(F)(F)F)CC2)c1C. The van der Waals surface area contributed by atoms with Crippen LogP contribution in [0.1, 0.15) is 49.3 Å². The lowest BCUT2D eigenvalue weighted by Crippen LogP contribution is -2.28. The quantitative estimate of drug-likeness (QED) is 0.343. The number of carbonyl (C=O) groups is 1. The van der Waals surface area contributed by atoms with Crippen LogP contribution in [0.15, 0.2) is 78.2 Å². The van der Waals surface area contributed by atoms with E-state index in [0.29, 0.717) is 18.5 Å². The van der Waals surface area contributed by atoms with E-state index < -0.39 is 12.1 Å². The molecule has 2 N–H and O–H groups in total.